The number of halogens is 2. The number of benzene rings is 1. The minimum absolute atomic E-state index is 0.601. The molecule has 3 aromatic rings. The van der Waals surface area contributed by atoms with Gasteiger partial charge in [0.1, 0.15) is 5.82 Å². The summed E-state index contributed by atoms with van der Waals surface area (Å²) >= 11 is 12.1. The van der Waals surface area contributed by atoms with Crippen molar-refractivity contribution in [2.24, 2.45) is 0 Å². The molecule has 0 saturated heterocycles. The molecular formula is C19H18Cl2N4. The van der Waals surface area contributed by atoms with Gasteiger partial charge in [0.15, 0.2) is 5.65 Å². The lowest BCUT2D eigenvalue weighted by atomic mass is 10.1. The number of imidazole rings is 1. The van der Waals surface area contributed by atoms with Gasteiger partial charge in [0.25, 0.3) is 0 Å². The standard InChI is InChI=1S/C19H18Cl2N4/c20-15-6-5-13(11-16(15)21)12-25-9-2-3-14(7-10-25)18-23-17-4-1-8-22-19(17)24-18/h1,3-6,8,11H,2,7,9-10,12H2,(H,22,23,24). The van der Waals surface area contributed by atoms with Crippen molar-refractivity contribution in [2.75, 3.05) is 13.1 Å². The highest BCUT2D eigenvalue weighted by Crippen LogP contribution is 2.25. The summed E-state index contributed by atoms with van der Waals surface area (Å²) in [6.07, 6.45) is 6.02. The Bertz CT molecular complexity index is 899. The van der Waals surface area contributed by atoms with E-state index in [1.54, 1.807) is 6.20 Å². The van der Waals surface area contributed by atoms with E-state index in [0.717, 1.165) is 49.5 Å². The highest BCUT2D eigenvalue weighted by molar-refractivity contribution is 6.42. The van der Waals surface area contributed by atoms with E-state index in [2.05, 4.69) is 25.9 Å². The van der Waals surface area contributed by atoms with E-state index >= 15 is 0 Å². The van der Waals surface area contributed by atoms with E-state index in [9.17, 15) is 0 Å². The molecule has 1 aliphatic heterocycles. The summed E-state index contributed by atoms with van der Waals surface area (Å²) in [5.41, 5.74) is 4.20. The molecule has 0 atom stereocenters. The van der Waals surface area contributed by atoms with Gasteiger partial charge in [0.05, 0.1) is 15.6 Å². The topological polar surface area (TPSA) is 44.8 Å². The van der Waals surface area contributed by atoms with Crippen LogP contribution in [0.5, 0.6) is 0 Å². The molecule has 0 radical (unpaired) electrons. The first-order valence-corrected chi connectivity index (χ1v) is 9.11. The van der Waals surface area contributed by atoms with E-state index in [4.69, 9.17) is 23.2 Å². The Hall–Kier alpha value is -1.88. The molecule has 1 N–H and O–H groups in total. The molecule has 0 fully saturated rings. The van der Waals surface area contributed by atoms with Crippen molar-refractivity contribution in [2.45, 2.75) is 19.4 Å². The van der Waals surface area contributed by atoms with Crippen LogP contribution >= 0.6 is 23.2 Å². The molecule has 6 heteroatoms. The Morgan fingerprint density at radius 1 is 1.12 bits per heavy atom. The van der Waals surface area contributed by atoms with Gasteiger partial charge in [-0.25, -0.2) is 9.97 Å². The lowest BCUT2D eigenvalue weighted by Gasteiger charge is -2.20. The fourth-order valence-electron chi connectivity index (χ4n) is 3.18. The highest BCUT2D eigenvalue weighted by atomic mass is 35.5. The first kappa shape index (κ1) is 16.6. The minimum Gasteiger partial charge on any atom is -0.337 e. The number of nitrogens with one attached hydrogen (secondary N) is 1. The first-order valence-electron chi connectivity index (χ1n) is 8.35. The van der Waals surface area contributed by atoms with Crippen molar-refractivity contribution in [3.05, 3.63) is 64.0 Å². The number of hydrogen-bond acceptors (Lipinski definition) is 3. The van der Waals surface area contributed by atoms with Crippen molar-refractivity contribution in [1.29, 1.82) is 0 Å². The maximum atomic E-state index is 6.13. The lowest BCUT2D eigenvalue weighted by molar-refractivity contribution is 0.281. The molecule has 0 aliphatic carbocycles. The zero-order valence-electron chi connectivity index (χ0n) is 13.7. The molecule has 4 nitrogen and oxygen atoms in total. The average molecular weight is 373 g/mol. The van der Waals surface area contributed by atoms with Crippen LogP contribution in [0.3, 0.4) is 0 Å². The van der Waals surface area contributed by atoms with Gasteiger partial charge in [-0.2, -0.15) is 0 Å². The summed E-state index contributed by atoms with van der Waals surface area (Å²) in [6, 6.07) is 9.78. The second-order valence-electron chi connectivity index (χ2n) is 6.25. The smallest absolute Gasteiger partial charge is 0.178 e. The van der Waals surface area contributed by atoms with Gasteiger partial charge < -0.3 is 4.98 Å². The average Bonchev–Trinajstić information content (AvgIpc) is 2.91. The van der Waals surface area contributed by atoms with E-state index in [0.29, 0.717) is 10.0 Å². The Morgan fingerprint density at radius 3 is 2.88 bits per heavy atom. The predicted molar refractivity (Wildman–Crippen MR) is 103 cm³/mol. The molecule has 0 spiro atoms. The molecule has 0 bridgehead atoms. The molecule has 4 rings (SSSR count). The minimum atomic E-state index is 0.601. The summed E-state index contributed by atoms with van der Waals surface area (Å²) in [6.45, 7) is 2.87. The Labute approximate surface area is 156 Å². The number of aromatic amines is 1. The Morgan fingerprint density at radius 2 is 2.04 bits per heavy atom. The third-order valence-corrected chi connectivity index (χ3v) is 5.22. The summed E-state index contributed by atoms with van der Waals surface area (Å²) < 4.78 is 0. The number of hydrogen-bond donors (Lipinski definition) is 1. The van der Waals surface area contributed by atoms with Crippen LogP contribution in [-0.2, 0) is 6.54 Å². The van der Waals surface area contributed by atoms with Gasteiger partial charge >= 0.3 is 0 Å². The fraction of sp³-hybridized carbons (Fsp3) is 0.263. The van der Waals surface area contributed by atoms with Crippen molar-refractivity contribution in [3.63, 3.8) is 0 Å². The summed E-state index contributed by atoms with van der Waals surface area (Å²) in [5.74, 6) is 0.935. The van der Waals surface area contributed by atoms with Gasteiger partial charge in [0, 0.05) is 25.8 Å². The van der Waals surface area contributed by atoms with Gasteiger partial charge in [-0.15, -0.1) is 0 Å². The largest absolute Gasteiger partial charge is 0.337 e. The van der Waals surface area contributed by atoms with Crippen molar-refractivity contribution in [1.82, 2.24) is 19.9 Å². The second kappa shape index (κ2) is 7.16. The van der Waals surface area contributed by atoms with Crippen LogP contribution in [0, 0.1) is 0 Å². The highest BCUT2D eigenvalue weighted by Gasteiger charge is 2.15. The molecule has 1 aliphatic rings. The predicted octanol–water partition coefficient (Wildman–Crippen LogP) is 4.94. The molecule has 2 aromatic heterocycles. The van der Waals surface area contributed by atoms with E-state index in [-0.39, 0.29) is 0 Å². The first-order chi connectivity index (χ1) is 12.2. The SMILES string of the molecule is Clc1ccc(CN2CCC=C(c3nc4ncccc4[nH]3)CC2)cc1Cl. The molecule has 0 unspecified atom stereocenters. The van der Waals surface area contributed by atoms with Gasteiger partial charge in [-0.1, -0.05) is 35.3 Å². The number of rotatable bonds is 3. The molecule has 25 heavy (non-hydrogen) atoms. The maximum Gasteiger partial charge on any atom is 0.178 e. The van der Waals surface area contributed by atoms with Crippen LogP contribution in [0.15, 0.2) is 42.6 Å². The van der Waals surface area contributed by atoms with Gasteiger partial charge in [-0.3, -0.25) is 4.90 Å². The van der Waals surface area contributed by atoms with Crippen molar-refractivity contribution >= 4 is 39.9 Å². The van der Waals surface area contributed by atoms with Gasteiger partial charge in [0.2, 0.25) is 0 Å². The van der Waals surface area contributed by atoms with Gasteiger partial charge in [-0.05, 0) is 48.2 Å². The molecule has 0 amide bonds. The monoisotopic (exact) mass is 372 g/mol. The third kappa shape index (κ3) is 3.71. The van der Waals surface area contributed by atoms with Crippen LogP contribution < -0.4 is 0 Å². The quantitative estimate of drug-likeness (QED) is 0.707. The van der Waals surface area contributed by atoms with E-state index < -0.39 is 0 Å². The Balaban J connectivity index is 1.45. The number of fused-ring (bicyclic) bond motifs is 1. The van der Waals surface area contributed by atoms with Crippen LogP contribution in [0.1, 0.15) is 24.2 Å². The lowest BCUT2D eigenvalue weighted by Crippen LogP contribution is -2.24. The second-order valence-corrected chi connectivity index (χ2v) is 7.07. The molecule has 0 saturated carbocycles. The third-order valence-electron chi connectivity index (χ3n) is 4.49. The van der Waals surface area contributed by atoms with Crippen LogP contribution in [0.4, 0.5) is 0 Å². The fourth-order valence-corrected chi connectivity index (χ4v) is 3.50. The Kier molecular flexibility index (Phi) is 4.75. The maximum absolute atomic E-state index is 6.13. The van der Waals surface area contributed by atoms with Crippen LogP contribution in [-0.4, -0.2) is 32.9 Å². The summed E-state index contributed by atoms with van der Waals surface area (Å²) in [7, 11) is 0. The number of pyridine rings is 1. The van der Waals surface area contributed by atoms with Crippen molar-refractivity contribution < 1.29 is 0 Å². The number of nitrogens with zero attached hydrogens (tertiary/aromatic N) is 3. The van der Waals surface area contributed by atoms with Crippen LogP contribution in [0.25, 0.3) is 16.7 Å². The van der Waals surface area contributed by atoms with Crippen molar-refractivity contribution in [3.8, 4) is 0 Å². The van der Waals surface area contributed by atoms with E-state index in [1.165, 1.54) is 11.1 Å². The summed E-state index contributed by atoms with van der Waals surface area (Å²) in [5, 5.41) is 1.21. The molecule has 1 aromatic carbocycles. The zero-order chi connectivity index (χ0) is 17.2. The molecule has 3 heterocycles. The van der Waals surface area contributed by atoms with E-state index in [1.807, 2.05) is 30.3 Å². The number of aromatic nitrogens is 3. The number of H-pyrrole nitrogens is 1. The molecular weight excluding hydrogens is 355 g/mol. The normalized spacial score (nSPS) is 16.0. The van der Waals surface area contributed by atoms with Crippen LogP contribution in [0.2, 0.25) is 10.0 Å². The zero-order valence-corrected chi connectivity index (χ0v) is 15.2. The summed E-state index contributed by atoms with van der Waals surface area (Å²) in [4.78, 5) is 14.7. The molecule has 128 valence electrons.